The van der Waals surface area contributed by atoms with Gasteiger partial charge in [0.25, 0.3) is 0 Å². The van der Waals surface area contributed by atoms with Gasteiger partial charge in [0.2, 0.25) is 0 Å². The standard InChI is InChI=1S/6Mo.Pt. The Bertz CT molecular complexity index is 4.14. The summed E-state index contributed by atoms with van der Waals surface area (Å²) in [6.07, 6.45) is 0. The van der Waals surface area contributed by atoms with Crippen LogP contribution in [0.4, 0.5) is 0 Å². The Morgan fingerprint density at radius 1 is 0.286 bits per heavy atom. The first-order valence-electron chi connectivity index (χ1n) is 0. The SMILES string of the molecule is [Mo].[Mo].[Mo].[Mo].[Mo].[Mo].[Pt]. The number of rotatable bonds is 0. The van der Waals surface area contributed by atoms with Crippen LogP contribution < -0.4 is 0 Å². The third-order valence-electron chi connectivity index (χ3n) is 0. The van der Waals surface area contributed by atoms with Gasteiger partial charge in [-0.2, -0.15) is 0 Å². The normalized spacial score (nSPS) is 0. The van der Waals surface area contributed by atoms with Gasteiger partial charge in [-0.15, -0.1) is 0 Å². The van der Waals surface area contributed by atoms with Crippen molar-refractivity contribution in [3.05, 3.63) is 0 Å². The average Bonchev–Trinajstić information content (AvgIpc) is 0. The summed E-state index contributed by atoms with van der Waals surface area (Å²) in [5, 5.41) is 0. The molecule has 0 aromatic rings. The molecule has 0 unspecified atom stereocenters. The molecular formula is Mo6Pt. The van der Waals surface area contributed by atoms with Crippen LogP contribution in [0.2, 0.25) is 0 Å². The summed E-state index contributed by atoms with van der Waals surface area (Å²) in [7, 11) is 0. The third-order valence-corrected chi connectivity index (χ3v) is 0. The Hall–Kier alpha value is 4.82. The first kappa shape index (κ1) is 59.6. The van der Waals surface area contributed by atoms with E-state index >= 15 is 0 Å². The maximum absolute atomic E-state index is 0. The fourth-order valence-corrected chi connectivity index (χ4v) is 0. The van der Waals surface area contributed by atoms with Crippen LogP contribution in [0.15, 0.2) is 0 Å². The predicted octanol–water partition coefficient (Wildman–Crippen LogP) is -0.0175. The minimum Gasteiger partial charge on any atom is 0 e. The Balaban J connectivity index is 0. The molecule has 0 atom stereocenters. The topological polar surface area (TPSA) is 0 Å². The Kier molecular flexibility index (Phi) is 382. The van der Waals surface area contributed by atoms with Crippen LogP contribution in [-0.2, 0) is 147 Å². The zero-order valence-corrected chi connectivity index (χ0v) is 17.1. The largest absolute Gasteiger partial charge is 0 e. The molecule has 0 saturated carbocycles. The molecule has 0 rings (SSSR count). The molecule has 0 aliphatic rings. The van der Waals surface area contributed by atoms with Crippen molar-refractivity contribution in [3.8, 4) is 0 Å². The van der Waals surface area contributed by atoms with E-state index in [0.29, 0.717) is 0 Å². The van der Waals surface area contributed by atoms with Gasteiger partial charge in [0.05, 0.1) is 0 Å². The molecule has 0 radical (unpaired) electrons. The van der Waals surface area contributed by atoms with E-state index < -0.39 is 0 Å². The first-order chi connectivity index (χ1) is 0. The van der Waals surface area contributed by atoms with Crippen molar-refractivity contribution in [1.82, 2.24) is 0 Å². The molecule has 0 aliphatic heterocycles. The molecule has 0 aromatic carbocycles. The second kappa shape index (κ2) is 44.9. The van der Waals surface area contributed by atoms with Crippen molar-refractivity contribution in [2.75, 3.05) is 0 Å². The van der Waals surface area contributed by atoms with E-state index in [2.05, 4.69) is 0 Å². The quantitative estimate of drug-likeness (QED) is 0.305. The van der Waals surface area contributed by atoms with Crippen molar-refractivity contribution in [1.29, 1.82) is 0 Å². The molecule has 7 heavy (non-hydrogen) atoms. The minimum atomic E-state index is 0. The summed E-state index contributed by atoms with van der Waals surface area (Å²) < 4.78 is 0. The first-order valence-corrected chi connectivity index (χ1v) is 0. The summed E-state index contributed by atoms with van der Waals surface area (Å²) in [5.74, 6) is 0. The summed E-state index contributed by atoms with van der Waals surface area (Å²) in [4.78, 5) is 0. The molecule has 0 spiro atoms. The van der Waals surface area contributed by atoms with Gasteiger partial charge >= 0.3 is 0 Å². The zero-order chi connectivity index (χ0) is 0. The van der Waals surface area contributed by atoms with Gasteiger partial charge in [-0.25, -0.2) is 0 Å². The van der Waals surface area contributed by atoms with Crippen LogP contribution in [0.5, 0.6) is 0 Å². The maximum Gasteiger partial charge on any atom is 0 e. The van der Waals surface area contributed by atoms with E-state index in [4.69, 9.17) is 0 Å². The molecule has 0 heterocycles. The van der Waals surface area contributed by atoms with E-state index in [1.54, 1.807) is 0 Å². The maximum atomic E-state index is 0. The van der Waals surface area contributed by atoms with Gasteiger partial charge < -0.3 is 0 Å². The van der Waals surface area contributed by atoms with Crippen molar-refractivity contribution in [2.45, 2.75) is 0 Å². The second-order valence-electron chi connectivity index (χ2n) is 0. The minimum absolute atomic E-state index is 0. The Morgan fingerprint density at radius 2 is 0.286 bits per heavy atom. The third kappa shape index (κ3) is 36.2. The monoisotopic (exact) mass is 782 g/mol. The fraction of sp³-hybridized carbons (Fsp3) is 0. The van der Waals surface area contributed by atoms with E-state index in [1.165, 1.54) is 0 Å². The van der Waals surface area contributed by atoms with Gasteiger partial charge in [-0.05, 0) is 0 Å². The molecule has 0 fully saturated rings. The second-order valence-corrected chi connectivity index (χ2v) is 0. The number of hydrogen-bond donors (Lipinski definition) is 0. The van der Waals surface area contributed by atoms with E-state index in [9.17, 15) is 0 Å². The predicted molar refractivity (Wildman–Crippen MR) is 0 cm³/mol. The fourth-order valence-electron chi connectivity index (χ4n) is 0. The van der Waals surface area contributed by atoms with Crippen molar-refractivity contribution in [3.63, 3.8) is 0 Å². The smallest absolute Gasteiger partial charge is 0 e. The van der Waals surface area contributed by atoms with Gasteiger partial charge in [-0.3, -0.25) is 0 Å². The summed E-state index contributed by atoms with van der Waals surface area (Å²) in [6.45, 7) is 0. The van der Waals surface area contributed by atoms with Crippen molar-refractivity contribution in [2.24, 2.45) is 0 Å². The molecule has 0 bridgehead atoms. The average molecular weight is 771 g/mol. The van der Waals surface area contributed by atoms with Crippen molar-refractivity contribution < 1.29 is 147 Å². The van der Waals surface area contributed by atoms with Crippen LogP contribution in [0.3, 0.4) is 0 Å². The molecule has 46 valence electrons. The Morgan fingerprint density at radius 3 is 0.286 bits per heavy atom. The Labute approximate surface area is 144 Å². The van der Waals surface area contributed by atoms with Crippen molar-refractivity contribution >= 4 is 0 Å². The van der Waals surface area contributed by atoms with Crippen LogP contribution >= 0.6 is 0 Å². The van der Waals surface area contributed by atoms with Gasteiger partial charge in [0.1, 0.15) is 0 Å². The van der Waals surface area contributed by atoms with Crippen LogP contribution in [0, 0.1) is 0 Å². The molecule has 7 heteroatoms. The molecular weight excluding hydrogens is 771 g/mol. The van der Waals surface area contributed by atoms with E-state index in [1.807, 2.05) is 0 Å². The van der Waals surface area contributed by atoms with Crippen LogP contribution in [0.25, 0.3) is 0 Å². The van der Waals surface area contributed by atoms with E-state index in [-0.39, 0.29) is 147 Å². The molecule has 0 saturated heterocycles. The van der Waals surface area contributed by atoms with Crippen LogP contribution in [-0.4, -0.2) is 0 Å². The molecule has 0 aliphatic carbocycles. The molecule has 0 aromatic heterocycles. The molecule has 0 nitrogen and oxygen atoms in total. The zero-order valence-electron chi connectivity index (χ0n) is 2.77. The summed E-state index contributed by atoms with van der Waals surface area (Å²) >= 11 is 0. The van der Waals surface area contributed by atoms with Crippen LogP contribution in [0.1, 0.15) is 0 Å². The molecule has 0 N–H and O–H groups in total. The van der Waals surface area contributed by atoms with Gasteiger partial charge in [-0.1, -0.05) is 0 Å². The van der Waals surface area contributed by atoms with E-state index in [0.717, 1.165) is 0 Å². The van der Waals surface area contributed by atoms with Gasteiger partial charge in [0, 0.05) is 147 Å². The summed E-state index contributed by atoms with van der Waals surface area (Å²) in [5.41, 5.74) is 0. The number of hydrogen-bond acceptors (Lipinski definition) is 0. The summed E-state index contributed by atoms with van der Waals surface area (Å²) in [6, 6.07) is 0. The van der Waals surface area contributed by atoms with Gasteiger partial charge in [0.15, 0.2) is 0 Å². The molecule has 0 amide bonds.